The van der Waals surface area contributed by atoms with Crippen LogP contribution in [-0.2, 0) is 5.75 Å². The number of hydrogen-bond donors (Lipinski definition) is 1. The second-order valence-electron chi connectivity index (χ2n) is 4.71. The van der Waals surface area contributed by atoms with Crippen LogP contribution in [-0.4, -0.2) is 9.97 Å². The van der Waals surface area contributed by atoms with Crippen LogP contribution in [0.4, 0.5) is 5.82 Å². The molecule has 1 aromatic carbocycles. The molecule has 108 valence electrons. The van der Waals surface area contributed by atoms with Crippen molar-refractivity contribution in [3.8, 4) is 0 Å². The van der Waals surface area contributed by atoms with Crippen LogP contribution < -0.4 is 5.73 Å². The molecule has 0 atom stereocenters. The van der Waals surface area contributed by atoms with E-state index in [1.54, 1.807) is 23.1 Å². The lowest BCUT2D eigenvalue weighted by Gasteiger charge is -2.05. The number of thioether (sulfide) groups is 1. The molecule has 3 aromatic rings. The Hall–Kier alpha value is -1.30. The maximum absolute atomic E-state index is 6.16. The zero-order valence-corrected chi connectivity index (χ0v) is 14.1. The van der Waals surface area contributed by atoms with Crippen LogP contribution in [0.25, 0.3) is 10.2 Å². The smallest absolute Gasteiger partial charge is 0.142 e. The van der Waals surface area contributed by atoms with Gasteiger partial charge in [0.1, 0.15) is 16.5 Å². The number of anilines is 1. The average Bonchev–Trinajstić information content (AvgIpc) is 2.73. The van der Waals surface area contributed by atoms with Crippen LogP contribution in [0, 0.1) is 13.8 Å². The third-order valence-corrected chi connectivity index (χ3v) is 5.91. The minimum atomic E-state index is 0.566. The van der Waals surface area contributed by atoms with E-state index in [9.17, 15) is 0 Å². The Bertz CT molecular complexity index is 814. The number of aromatic nitrogens is 2. The summed E-state index contributed by atoms with van der Waals surface area (Å²) < 4.78 is 0. The lowest BCUT2D eigenvalue weighted by Crippen LogP contribution is -1.99. The molecule has 2 heterocycles. The number of aryl methyl sites for hydroxylation is 2. The van der Waals surface area contributed by atoms with Crippen LogP contribution in [0.5, 0.6) is 0 Å². The van der Waals surface area contributed by atoms with Crippen LogP contribution in [0.2, 0.25) is 5.02 Å². The molecular formula is C15H14ClN3S2. The summed E-state index contributed by atoms with van der Waals surface area (Å²) in [6.45, 7) is 4.14. The molecule has 0 aliphatic rings. The van der Waals surface area contributed by atoms with Crippen LogP contribution >= 0.6 is 34.7 Å². The van der Waals surface area contributed by atoms with Crippen LogP contribution in [0.1, 0.15) is 16.3 Å². The first-order valence-corrected chi connectivity index (χ1v) is 8.63. The van der Waals surface area contributed by atoms with Gasteiger partial charge < -0.3 is 5.73 Å². The first-order valence-electron chi connectivity index (χ1n) is 6.45. The lowest BCUT2D eigenvalue weighted by molar-refractivity contribution is 1.08. The Morgan fingerprint density at radius 3 is 2.76 bits per heavy atom. The maximum atomic E-state index is 6.16. The molecule has 0 spiro atoms. The third-order valence-electron chi connectivity index (χ3n) is 3.30. The fourth-order valence-electron chi connectivity index (χ4n) is 2.10. The van der Waals surface area contributed by atoms with Gasteiger partial charge in [0.05, 0.1) is 16.2 Å². The quantitative estimate of drug-likeness (QED) is 0.696. The SMILES string of the molecule is Cc1sc2nc(CSc3ccccc3Cl)nc(N)c2c1C. The van der Waals surface area contributed by atoms with E-state index in [0.717, 1.165) is 26.0 Å². The minimum absolute atomic E-state index is 0.566. The summed E-state index contributed by atoms with van der Waals surface area (Å²) in [6, 6.07) is 7.77. The highest BCUT2D eigenvalue weighted by Gasteiger charge is 2.13. The topological polar surface area (TPSA) is 51.8 Å². The van der Waals surface area contributed by atoms with Gasteiger partial charge in [-0.05, 0) is 31.5 Å². The normalized spacial score (nSPS) is 11.2. The molecule has 6 heteroatoms. The van der Waals surface area contributed by atoms with E-state index < -0.39 is 0 Å². The van der Waals surface area contributed by atoms with E-state index in [1.165, 1.54) is 10.4 Å². The number of fused-ring (bicyclic) bond motifs is 1. The third kappa shape index (κ3) is 2.86. The Kier molecular flexibility index (Phi) is 4.06. The molecule has 0 unspecified atom stereocenters. The summed E-state index contributed by atoms with van der Waals surface area (Å²) in [5, 5.41) is 1.74. The molecule has 0 aliphatic carbocycles. The van der Waals surface area contributed by atoms with Gasteiger partial charge in [-0.2, -0.15) is 0 Å². The number of nitrogens with zero attached hydrogens (tertiary/aromatic N) is 2. The highest BCUT2D eigenvalue weighted by molar-refractivity contribution is 7.98. The van der Waals surface area contributed by atoms with Crippen molar-refractivity contribution in [3.63, 3.8) is 0 Å². The molecule has 2 N–H and O–H groups in total. The molecular weight excluding hydrogens is 322 g/mol. The number of benzene rings is 1. The number of rotatable bonds is 3. The predicted molar refractivity (Wildman–Crippen MR) is 92.3 cm³/mol. The molecule has 0 bridgehead atoms. The summed E-state index contributed by atoms with van der Waals surface area (Å²) in [6.07, 6.45) is 0. The molecule has 2 aromatic heterocycles. The average molecular weight is 336 g/mol. The highest BCUT2D eigenvalue weighted by Crippen LogP contribution is 2.33. The minimum Gasteiger partial charge on any atom is -0.383 e. The number of hydrogen-bond acceptors (Lipinski definition) is 5. The summed E-state index contributed by atoms with van der Waals surface area (Å²) in [7, 11) is 0. The molecule has 3 nitrogen and oxygen atoms in total. The van der Waals surface area contributed by atoms with Gasteiger partial charge in [0.15, 0.2) is 0 Å². The molecule has 0 aliphatic heterocycles. The Balaban J connectivity index is 1.90. The van der Waals surface area contributed by atoms with Crippen molar-refractivity contribution >= 4 is 50.7 Å². The first-order chi connectivity index (χ1) is 10.1. The monoisotopic (exact) mass is 335 g/mol. The van der Waals surface area contributed by atoms with Crippen molar-refractivity contribution in [3.05, 3.63) is 45.6 Å². The molecule has 0 amide bonds. The van der Waals surface area contributed by atoms with Gasteiger partial charge in [0.25, 0.3) is 0 Å². The highest BCUT2D eigenvalue weighted by atomic mass is 35.5. The van der Waals surface area contributed by atoms with E-state index in [4.69, 9.17) is 17.3 Å². The van der Waals surface area contributed by atoms with Crippen molar-refractivity contribution in [2.24, 2.45) is 0 Å². The summed E-state index contributed by atoms with van der Waals surface area (Å²) >= 11 is 9.44. The van der Waals surface area contributed by atoms with Gasteiger partial charge in [-0.15, -0.1) is 23.1 Å². The molecule has 3 rings (SSSR count). The molecule has 0 saturated heterocycles. The van der Waals surface area contributed by atoms with Crippen LogP contribution in [0.3, 0.4) is 0 Å². The Labute approximate surface area is 136 Å². The van der Waals surface area contributed by atoms with E-state index in [2.05, 4.69) is 23.8 Å². The number of nitrogen functional groups attached to an aromatic ring is 1. The fourth-order valence-corrected chi connectivity index (χ4v) is 4.24. The zero-order valence-electron chi connectivity index (χ0n) is 11.7. The largest absolute Gasteiger partial charge is 0.383 e. The first kappa shape index (κ1) is 14.6. The molecule has 0 saturated carbocycles. The molecule has 0 radical (unpaired) electrons. The van der Waals surface area contributed by atoms with Crippen LogP contribution in [0.15, 0.2) is 29.2 Å². The van der Waals surface area contributed by atoms with Gasteiger partial charge >= 0.3 is 0 Å². The summed E-state index contributed by atoms with van der Waals surface area (Å²) in [5.74, 6) is 1.96. The lowest BCUT2D eigenvalue weighted by atomic mass is 10.2. The second-order valence-corrected chi connectivity index (χ2v) is 7.34. The van der Waals surface area contributed by atoms with Gasteiger partial charge in [-0.3, -0.25) is 0 Å². The predicted octanol–water partition coefficient (Wildman–Crippen LogP) is 4.84. The van der Waals surface area contributed by atoms with E-state index in [-0.39, 0.29) is 0 Å². The van der Waals surface area contributed by atoms with E-state index >= 15 is 0 Å². The summed E-state index contributed by atoms with van der Waals surface area (Å²) in [4.78, 5) is 12.3. The van der Waals surface area contributed by atoms with Gasteiger partial charge in [0, 0.05) is 9.77 Å². The van der Waals surface area contributed by atoms with E-state index in [0.29, 0.717) is 11.6 Å². The molecule has 0 fully saturated rings. The van der Waals surface area contributed by atoms with Crippen molar-refractivity contribution in [2.45, 2.75) is 24.5 Å². The van der Waals surface area contributed by atoms with Crippen molar-refractivity contribution in [2.75, 3.05) is 5.73 Å². The Morgan fingerprint density at radius 2 is 2.00 bits per heavy atom. The van der Waals surface area contributed by atoms with E-state index in [1.807, 2.05) is 24.3 Å². The van der Waals surface area contributed by atoms with Gasteiger partial charge in [-0.1, -0.05) is 23.7 Å². The standard InChI is InChI=1S/C15H14ClN3S2/c1-8-9(2)21-15-13(8)14(17)18-12(19-15)7-20-11-6-4-3-5-10(11)16/h3-6H,7H2,1-2H3,(H2,17,18,19). The Morgan fingerprint density at radius 1 is 1.24 bits per heavy atom. The zero-order chi connectivity index (χ0) is 15.0. The number of thiophene rings is 1. The van der Waals surface area contributed by atoms with Crippen molar-refractivity contribution in [1.82, 2.24) is 9.97 Å². The van der Waals surface area contributed by atoms with Gasteiger partial charge in [-0.25, -0.2) is 9.97 Å². The van der Waals surface area contributed by atoms with Crippen molar-refractivity contribution in [1.29, 1.82) is 0 Å². The number of nitrogens with two attached hydrogens (primary N) is 1. The second kappa shape index (κ2) is 5.83. The number of halogens is 1. The fraction of sp³-hybridized carbons (Fsp3) is 0.200. The van der Waals surface area contributed by atoms with Gasteiger partial charge in [0.2, 0.25) is 0 Å². The van der Waals surface area contributed by atoms with Crippen molar-refractivity contribution < 1.29 is 0 Å². The summed E-state index contributed by atoms with van der Waals surface area (Å²) in [5.41, 5.74) is 7.27. The molecule has 21 heavy (non-hydrogen) atoms. The maximum Gasteiger partial charge on any atom is 0.142 e.